The normalized spacial score (nSPS) is 22.4. The van der Waals surface area contributed by atoms with Crippen molar-refractivity contribution in [1.82, 2.24) is 9.80 Å². The topological polar surface area (TPSA) is 26.7 Å². The third-order valence-corrected chi connectivity index (χ3v) is 7.55. The van der Waals surface area contributed by atoms with Crippen molar-refractivity contribution in [3.63, 3.8) is 0 Å². The first kappa shape index (κ1) is 24.2. The highest BCUT2D eigenvalue weighted by Crippen LogP contribution is 2.36. The summed E-state index contributed by atoms with van der Waals surface area (Å²) in [6.07, 6.45) is 0. The van der Waals surface area contributed by atoms with Gasteiger partial charge in [-0.05, 0) is 49.9 Å². The highest BCUT2D eigenvalue weighted by atomic mass is 32.2. The molecule has 0 aromatic heterocycles. The van der Waals surface area contributed by atoms with Gasteiger partial charge in [0.15, 0.2) is 0 Å². The number of nitrogens with zero attached hydrogens (tertiary/aromatic N) is 2. The van der Waals surface area contributed by atoms with Crippen molar-refractivity contribution < 1.29 is 10.9 Å². The van der Waals surface area contributed by atoms with E-state index in [9.17, 15) is 9.50 Å². The number of hydrogen-bond acceptors (Lipinski definition) is 4. The van der Waals surface area contributed by atoms with Crippen LogP contribution in [0.15, 0.2) is 48.5 Å². The molecule has 1 aliphatic rings. The van der Waals surface area contributed by atoms with Crippen LogP contribution in [0, 0.1) is 18.7 Å². The van der Waals surface area contributed by atoms with Crippen molar-refractivity contribution in [1.29, 1.82) is 0 Å². The molecule has 0 aliphatic carbocycles. The van der Waals surface area contributed by atoms with Gasteiger partial charge in [-0.3, -0.25) is 9.80 Å². The lowest BCUT2D eigenvalue weighted by atomic mass is 10.0. The summed E-state index contributed by atoms with van der Waals surface area (Å²) in [6.45, 7) is 13.2. The summed E-state index contributed by atoms with van der Waals surface area (Å²) in [5, 5.41) is 9.63. The molecular formula is C26H39FN2OS. The molecular weight excluding hydrogens is 407 g/mol. The maximum Gasteiger partial charge on any atom is 0.123 e. The molecule has 0 bridgehead atoms. The van der Waals surface area contributed by atoms with E-state index < -0.39 is 0 Å². The van der Waals surface area contributed by atoms with Crippen LogP contribution < -0.4 is 0 Å². The van der Waals surface area contributed by atoms with Crippen LogP contribution in [0.5, 0.6) is 0 Å². The van der Waals surface area contributed by atoms with Crippen LogP contribution in [0.2, 0.25) is 0 Å². The molecule has 4 atom stereocenters. The summed E-state index contributed by atoms with van der Waals surface area (Å²) < 4.78 is 13.5. The molecule has 0 saturated carbocycles. The monoisotopic (exact) mass is 446 g/mol. The second-order valence-corrected chi connectivity index (χ2v) is 10.4. The second-order valence-electron chi connectivity index (χ2n) is 9.16. The van der Waals surface area contributed by atoms with Crippen molar-refractivity contribution in [3.8, 4) is 0 Å². The third-order valence-electron chi connectivity index (χ3n) is 6.26. The molecule has 5 heteroatoms. The maximum atomic E-state index is 13.5. The minimum atomic E-state index is -0.187. The predicted molar refractivity (Wildman–Crippen MR) is 132 cm³/mol. The fourth-order valence-corrected chi connectivity index (χ4v) is 5.79. The van der Waals surface area contributed by atoms with Gasteiger partial charge in [0.2, 0.25) is 0 Å². The van der Waals surface area contributed by atoms with E-state index in [1.165, 1.54) is 11.1 Å². The van der Waals surface area contributed by atoms with Gasteiger partial charge in [-0.15, -0.1) is 11.8 Å². The Morgan fingerprint density at radius 3 is 2.13 bits per heavy atom. The van der Waals surface area contributed by atoms with E-state index in [4.69, 9.17) is 0 Å². The van der Waals surface area contributed by atoms with Crippen molar-refractivity contribution >= 4 is 11.8 Å². The minimum Gasteiger partial charge on any atom is -0.396 e. The van der Waals surface area contributed by atoms with Crippen LogP contribution in [0.4, 0.5) is 4.39 Å². The Morgan fingerprint density at radius 1 is 1.03 bits per heavy atom. The molecule has 2 aromatic carbocycles. The minimum absolute atomic E-state index is 0. The van der Waals surface area contributed by atoms with E-state index in [0.717, 1.165) is 37.5 Å². The van der Waals surface area contributed by atoms with Gasteiger partial charge >= 0.3 is 0 Å². The first-order chi connectivity index (χ1) is 14.9. The standard InChI is InChI=1S/C26H37FN2OS.H2/c1-19-5-7-23(8-6-19)26(24-9-11-25(27)12-10-24)31-14-13-28-16-21(3)29(22(4)17-28)15-20(2)18-30;/h5-12,20-22,26,30H,13-18H2,1-4H3;1H/t20?,21-,22+,26?;. The van der Waals surface area contributed by atoms with Gasteiger partial charge in [0.25, 0.3) is 0 Å². The molecule has 1 aliphatic heterocycles. The number of halogens is 1. The lowest BCUT2D eigenvalue weighted by Crippen LogP contribution is -2.57. The first-order valence-corrected chi connectivity index (χ1v) is 12.4. The number of hydrogen-bond donors (Lipinski definition) is 1. The van der Waals surface area contributed by atoms with Crippen LogP contribution >= 0.6 is 11.8 Å². The SMILES string of the molecule is Cc1ccc(C(SCCN2C[C@@H](C)N(CC(C)CO)[C@@H](C)C2)c2ccc(F)cc2)cc1.[HH]. The van der Waals surface area contributed by atoms with Crippen LogP contribution in [0.3, 0.4) is 0 Å². The molecule has 2 unspecified atom stereocenters. The summed E-state index contributed by atoms with van der Waals surface area (Å²) in [7, 11) is 0. The summed E-state index contributed by atoms with van der Waals surface area (Å²) in [5.41, 5.74) is 3.68. The Kier molecular flexibility index (Phi) is 8.96. The lowest BCUT2D eigenvalue weighted by molar-refractivity contribution is 0.0252. The second kappa shape index (κ2) is 11.5. The molecule has 1 heterocycles. The summed E-state index contributed by atoms with van der Waals surface area (Å²) in [5.74, 6) is 1.16. The van der Waals surface area contributed by atoms with Gasteiger partial charge in [0, 0.05) is 52.0 Å². The number of piperazine rings is 1. The summed E-state index contributed by atoms with van der Waals surface area (Å²) in [4.78, 5) is 5.11. The van der Waals surface area contributed by atoms with Gasteiger partial charge in [0.1, 0.15) is 5.82 Å². The third kappa shape index (κ3) is 6.79. The summed E-state index contributed by atoms with van der Waals surface area (Å²) in [6, 6.07) is 16.6. The number of thioether (sulfide) groups is 1. The number of aliphatic hydroxyl groups is 1. The fraction of sp³-hybridized carbons (Fsp3) is 0.538. The lowest BCUT2D eigenvalue weighted by Gasteiger charge is -2.45. The molecule has 3 nitrogen and oxygen atoms in total. The summed E-state index contributed by atoms with van der Waals surface area (Å²) >= 11 is 1.94. The molecule has 31 heavy (non-hydrogen) atoms. The average Bonchev–Trinajstić information content (AvgIpc) is 2.75. The first-order valence-electron chi connectivity index (χ1n) is 11.4. The molecule has 1 N–H and O–H groups in total. The van der Waals surface area contributed by atoms with E-state index in [-0.39, 0.29) is 19.1 Å². The molecule has 172 valence electrons. The molecule has 0 amide bonds. The van der Waals surface area contributed by atoms with Crippen LogP contribution in [-0.2, 0) is 0 Å². The Bertz CT molecular complexity index is 747. The van der Waals surface area contributed by atoms with E-state index in [2.05, 4.69) is 61.8 Å². The molecule has 0 spiro atoms. The van der Waals surface area contributed by atoms with Crippen molar-refractivity contribution in [2.24, 2.45) is 5.92 Å². The number of aliphatic hydroxyl groups excluding tert-OH is 1. The Morgan fingerprint density at radius 2 is 1.58 bits per heavy atom. The molecule has 0 radical (unpaired) electrons. The zero-order valence-electron chi connectivity index (χ0n) is 19.3. The van der Waals surface area contributed by atoms with Gasteiger partial charge in [-0.25, -0.2) is 4.39 Å². The van der Waals surface area contributed by atoms with E-state index in [1.807, 2.05) is 23.9 Å². The number of benzene rings is 2. The molecule has 1 saturated heterocycles. The van der Waals surface area contributed by atoms with Gasteiger partial charge < -0.3 is 5.11 Å². The van der Waals surface area contributed by atoms with E-state index in [0.29, 0.717) is 18.0 Å². The van der Waals surface area contributed by atoms with Crippen LogP contribution in [-0.4, -0.2) is 65.5 Å². The van der Waals surface area contributed by atoms with Gasteiger partial charge in [-0.2, -0.15) is 0 Å². The van der Waals surface area contributed by atoms with Crippen LogP contribution in [0.1, 0.15) is 44.1 Å². The largest absolute Gasteiger partial charge is 0.396 e. The van der Waals surface area contributed by atoms with E-state index >= 15 is 0 Å². The predicted octanol–water partition coefficient (Wildman–Crippen LogP) is 5.23. The molecule has 2 aromatic rings. The van der Waals surface area contributed by atoms with Crippen molar-refractivity contribution in [2.75, 3.05) is 38.5 Å². The number of aryl methyl sites for hydroxylation is 1. The van der Waals surface area contributed by atoms with Crippen molar-refractivity contribution in [3.05, 3.63) is 71.0 Å². The smallest absolute Gasteiger partial charge is 0.123 e. The Balaban J connectivity index is 0.00000363. The fourth-order valence-electron chi connectivity index (χ4n) is 4.49. The van der Waals surface area contributed by atoms with Gasteiger partial charge in [-0.1, -0.05) is 48.9 Å². The highest BCUT2D eigenvalue weighted by molar-refractivity contribution is 7.99. The van der Waals surface area contributed by atoms with Gasteiger partial charge in [0.05, 0.1) is 5.25 Å². The maximum absolute atomic E-state index is 13.5. The van der Waals surface area contributed by atoms with Crippen molar-refractivity contribution in [2.45, 2.75) is 45.0 Å². The number of rotatable bonds is 9. The quantitative estimate of drug-likeness (QED) is 0.571. The zero-order chi connectivity index (χ0) is 22.4. The molecule has 3 rings (SSSR count). The Hall–Kier alpha value is -1.40. The van der Waals surface area contributed by atoms with Crippen LogP contribution in [0.25, 0.3) is 0 Å². The zero-order valence-corrected chi connectivity index (χ0v) is 20.1. The average molecular weight is 447 g/mol. The molecule has 1 fully saturated rings. The Labute approximate surface area is 193 Å². The van der Waals surface area contributed by atoms with E-state index in [1.54, 1.807) is 12.1 Å². The highest BCUT2D eigenvalue weighted by Gasteiger charge is 2.30.